The first-order chi connectivity index (χ1) is 10.6. The van der Waals surface area contributed by atoms with Crippen LogP contribution >= 0.6 is 11.3 Å². The molecule has 2 aromatic heterocycles. The molecule has 0 bridgehead atoms. The first-order valence-corrected chi connectivity index (χ1v) is 7.67. The minimum atomic E-state index is -1.02. The van der Waals surface area contributed by atoms with Gasteiger partial charge in [-0.3, -0.25) is 4.79 Å². The first-order valence-electron chi connectivity index (χ1n) is 6.86. The highest BCUT2D eigenvalue weighted by molar-refractivity contribution is 7.20. The minimum absolute atomic E-state index is 0.174. The highest BCUT2D eigenvalue weighted by atomic mass is 32.1. The number of nitrogens with one attached hydrogen (secondary N) is 1. The summed E-state index contributed by atoms with van der Waals surface area (Å²) >= 11 is 1.05. The lowest BCUT2D eigenvalue weighted by Crippen LogP contribution is -2.12. The summed E-state index contributed by atoms with van der Waals surface area (Å²) in [5.74, 6) is -0.440. The highest BCUT2D eigenvalue weighted by Crippen LogP contribution is 2.26. The van der Waals surface area contributed by atoms with E-state index in [-0.39, 0.29) is 10.4 Å². The Morgan fingerprint density at radius 3 is 2.68 bits per heavy atom. The number of aryl methyl sites for hydroxylation is 3. The Hall–Kier alpha value is -2.47. The predicted octanol–water partition coefficient (Wildman–Crippen LogP) is 2.78. The summed E-state index contributed by atoms with van der Waals surface area (Å²) in [7, 11) is 0. The molecule has 0 aliphatic rings. The van der Waals surface area contributed by atoms with Gasteiger partial charge < -0.3 is 10.1 Å². The SMILES string of the molecule is Cc1c(C(=O)O)sc2nc(CCc3ccccc3)[nH]c(=O)c12. The third-order valence-electron chi connectivity index (χ3n) is 3.54. The molecule has 0 fully saturated rings. The molecule has 0 saturated heterocycles. The van der Waals surface area contributed by atoms with Gasteiger partial charge in [0.25, 0.3) is 5.56 Å². The lowest BCUT2D eigenvalue weighted by Gasteiger charge is -2.01. The number of aromatic amines is 1. The fourth-order valence-electron chi connectivity index (χ4n) is 2.42. The van der Waals surface area contributed by atoms with E-state index in [0.29, 0.717) is 28.0 Å². The number of rotatable bonds is 4. The maximum Gasteiger partial charge on any atom is 0.346 e. The molecule has 112 valence electrons. The van der Waals surface area contributed by atoms with Crippen molar-refractivity contribution < 1.29 is 9.90 Å². The van der Waals surface area contributed by atoms with Crippen LogP contribution in [0.2, 0.25) is 0 Å². The summed E-state index contributed by atoms with van der Waals surface area (Å²) < 4.78 is 0. The lowest BCUT2D eigenvalue weighted by atomic mass is 10.1. The molecule has 0 aliphatic heterocycles. The molecule has 0 amide bonds. The molecule has 0 atom stereocenters. The normalized spacial score (nSPS) is 11.0. The molecule has 3 rings (SSSR count). The van der Waals surface area contributed by atoms with Crippen molar-refractivity contribution in [3.05, 3.63) is 62.5 Å². The highest BCUT2D eigenvalue weighted by Gasteiger charge is 2.18. The number of hydrogen-bond acceptors (Lipinski definition) is 4. The Balaban J connectivity index is 1.95. The molecule has 0 spiro atoms. The summed E-state index contributed by atoms with van der Waals surface area (Å²) in [6.07, 6.45) is 1.37. The Morgan fingerprint density at radius 1 is 1.27 bits per heavy atom. The lowest BCUT2D eigenvalue weighted by molar-refractivity contribution is 0.0701. The van der Waals surface area contributed by atoms with Crippen molar-refractivity contribution in [3.8, 4) is 0 Å². The van der Waals surface area contributed by atoms with Crippen LogP contribution in [0.25, 0.3) is 10.2 Å². The molecule has 1 aromatic carbocycles. The van der Waals surface area contributed by atoms with Crippen molar-refractivity contribution in [2.24, 2.45) is 0 Å². The number of fused-ring (bicyclic) bond motifs is 1. The van der Waals surface area contributed by atoms with Gasteiger partial charge in [-0.2, -0.15) is 0 Å². The van der Waals surface area contributed by atoms with Crippen LogP contribution in [-0.2, 0) is 12.8 Å². The molecule has 0 aliphatic carbocycles. The van der Waals surface area contributed by atoms with E-state index >= 15 is 0 Å². The first kappa shape index (κ1) is 14.5. The summed E-state index contributed by atoms with van der Waals surface area (Å²) in [6.45, 7) is 1.64. The predicted molar refractivity (Wildman–Crippen MR) is 85.8 cm³/mol. The molecule has 5 nitrogen and oxygen atoms in total. The molecule has 0 unspecified atom stereocenters. The fraction of sp³-hybridized carbons (Fsp3) is 0.188. The molecular weight excluding hydrogens is 300 g/mol. The van der Waals surface area contributed by atoms with Gasteiger partial charge in [0.15, 0.2) is 0 Å². The van der Waals surface area contributed by atoms with Gasteiger partial charge in [-0.25, -0.2) is 9.78 Å². The molecule has 2 N–H and O–H groups in total. The van der Waals surface area contributed by atoms with Gasteiger partial charge in [0.2, 0.25) is 0 Å². The number of hydrogen-bond donors (Lipinski definition) is 2. The number of carboxylic acid groups (broad SMARTS) is 1. The quantitative estimate of drug-likeness (QED) is 0.775. The molecule has 0 radical (unpaired) electrons. The van der Waals surface area contributed by atoms with E-state index in [9.17, 15) is 9.59 Å². The van der Waals surface area contributed by atoms with Crippen LogP contribution in [0, 0.1) is 6.92 Å². The van der Waals surface area contributed by atoms with Gasteiger partial charge in [-0.15, -0.1) is 11.3 Å². The Labute approximate surface area is 130 Å². The number of nitrogens with zero attached hydrogens (tertiary/aromatic N) is 1. The van der Waals surface area contributed by atoms with Crippen LogP contribution in [-0.4, -0.2) is 21.0 Å². The molecule has 0 saturated carbocycles. The monoisotopic (exact) mass is 314 g/mol. The number of benzene rings is 1. The average molecular weight is 314 g/mol. The fourth-order valence-corrected chi connectivity index (χ4v) is 3.46. The van der Waals surface area contributed by atoms with Gasteiger partial charge in [-0.1, -0.05) is 30.3 Å². The van der Waals surface area contributed by atoms with Gasteiger partial charge in [0.05, 0.1) is 5.39 Å². The average Bonchev–Trinajstić information content (AvgIpc) is 2.84. The topological polar surface area (TPSA) is 83.0 Å². The van der Waals surface area contributed by atoms with Crippen LogP contribution in [0.3, 0.4) is 0 Å². The molecular formula is C16H14N2O3S. The molecule has 6 heteroatoms. The maximum absolute atomic E-state index is 12.2. The van der Waals surface area contributed by atoms with E-state index in [4.69, 9.17) is 5.11 Å². The van der Waals surface area contributed by atoms with Crippen LogP contribution < -0.4 is 5.56 Å². The molecule has 3 aromatic rings. The second-order valence-corrected chi connectivity index (χ2v) is 6.04. The number of thiophene rings is 1. The zero-order valence-electron chi connectivity index (χ0n) is 11.9. The number of carboxylic acids is 1. The van der Waals surface area contributed by atoms with Gasteiger partial charge in [0.1, 0.15) is 15.5 Å². The minimum Gasteiger partial charge on any atom is -0.477 e. The summed E-state index contributed by atoms with van der Waals surface area (Å²) in [6, 6.07) is 9.94. The van der Waals surface area contributed by atoms with Crippen molar-refractivity contribution in [1.82, 2.24) is 9.97 Å². The van der Waals surface area contributed by atoms with Gasteiger partial charge in [0, 0.05) is 6.42 Å². The number of aromatic carboxylic acids is 1. The second-order valence-electron chi connectivity index (χ2n) is 5.04. The van der Waals surface area contributed by atoms with E-state index in [0.717, 1.165) is 17.8 Å². The third-order valence-corrected chi connectivity index (χ3v) is 4.71. The Morgan fingerprint density at radius 2 is 2.00 bits per heavy atom. The number of H-pyrrole nitrogens is 1. The largest absolute Gasteiger partial charge is 0.477 e. The van der Waals surface area contributed by atoms with Crippen LogP contribution in [0.15, 0.2) is 35.1 Å². The Bertz CT molecular complexity index is 897. The van der Waals surface area contributed by atoms with E-state index in [1.165, 1.54) is 5.56 Å². The Kier molecular flexibility index (Phi) is 3.77. The maximum atomic E-state index is 12.2. The smallest absolute Gasteiger partial charge is 0.346 e. The third kappa shape index (κ3) is 2.65. The van der Waals surface area contributed by atoms with Crippen LogP contribution in [0.5, 0.6) is 0 Å². The van der Waals surface area contributed by atoms with Crippen molar-refractivity contribution in [2.45, 2.75) is 19.8 Å². The van der Waals surface area contributed by atoms with E-state index < -0.39 is 5.97 Å². The molecule has 22 heavy (non-hydrogen) atoms. The molecule has 2 heterocycles. The van der Waals surface area contributed by atoms with E-state index in [1.54, 1.807) is 6.92 Å². The van der Waals surface area contributed by atoms with Crippen molar-refractivity contribution >= 4 is 27.5 Å². The van der Waals surface area contributed by atoms with Gasteiger partial charge in [-0.05, 0) is 24.5 Å². The van der Waals surface area contributed by atoms with Crippen molar-refractivity contribution in [2.75, 3.05) is 0 Å². The number of carbonyl (C=O) groups is 1. The zero-order valence-corrected chi connectivity index (χ0v) is 12.7. The van der Waals surface area contributed by atoms with Crippen LogP contribution in [0.4, 0.5) is 0 Å². The zero-order chi connectivity index (χ0) is 15.7. The van der Waals surface area contributed by atoms with E-state index in [2.05, 4.69) is 9.97 Å². The summed E-state index contributed by atoms with van der Waals surface area (Å²) in [4.78, 5) is 31.2. The van der Waals surface area contributed by atoms with Crippen molar-refractivity contribution in [3.63, 3.8) is 0 Å². The van der Waals surface area contributed by atoms with Gasteiger partial charge >= 0.3 is 5.97 Å². The van der Waals surface area contributed by atoms with E-state index in [1.807, 2.05) is 30.3 Å². The van der Waals surface area contributed by atoms with Crippen molar-refractivity contribution in [1.29, 1.82) is 0 Å². The number of aromatic nitrogens is 2. The van der Waals surface area contributed by atoms with Crippen LogP contribution in [0.1, 0.15) is 26.6 Å². The standard InChI is InChI=1S/C16H14N2O3S/c1-9-12-14(19)17-11(8-7-10-5-3-2-4-6-10)18-15(12)22-13(9)16(20)21/h2-6H,7-8H2,1H3,(H,20,21)(H,17,18,19). The summed E-state index contributed by atoms with van der Waals surface area (Å²) in [5.41, 5.74) is 1.38. The summed E-state index contributed by atoms with van der Waals surface area (Å²) in [5, 5.41) is 9.53. The second kappa shape index (κ2) is 5.73.